The van der Waals surface area contributed by atoms with Gasteiger partial charge in [0.15, 0.2) is 5.13 Å². The third kappa shape index (κ3) is 2.39. The van der Waals surface area contributed by atoms with E-state index in [0.717, 1.165) is 11.5 Å². The number of rotatable bonds is 4. The van der Waals surface area contributed by atoms with Gasteiger partial charge in [-0.15, -0.1) is 0 Å². The minimum absolute atomic E-state index is 0.0912. The van der Waals surface area contributed by atoms with Crippen LogP contribution in [-0.2, 0) is 9.63 Å². The number of amides is 1. The van der Waals surface area contributed by atoms with E-state index in [1.165, 1.54) is 0 Å². The molecule has 0 saturated carbocycles. The maximum atomic E-state index is 10.9. The van der Waals surface area contributed by atoms with Gasteiger partial charge in [-0.05, 0) is 6.92 Å². The summed E-state index contributed by atoms with van der Waals surface area (Å²) in [5.74, 6) is -0.662. The number of aromatic nitrogens is 2. The Balaban J connectivity index is 2.94. The summed E-state index contributed by atoms with van der Waals surface area (Å²) in [5, 5.41) is 3.73. The second kappa shape index (κ2) is 4.51. The fraction of sp³-hybridized carbons (Fsp3) is 0.333. The first kappa shape index (κ1) is 10.4. The molecule has 0 aliphatic heterocycles. The molecule has 0 aliphatic rings. The van der Waals surface area contributed by atoms with E-state index < -0.39 is 5.91 Å². The second-order valence-corrected chi connectivity index (χ2v) is 2.96. The molecule has 1 aromatic rings. The number of oxime groups is 1. The van der Waals surface area contributed by atoms with Crippen LogP contribution in [0.5, 0.6) is 0 Å². The fourth-order valence-electron chi connectivity index (χ4n) is 0.656. The molecule has 1 aromatic heterocycles. The fourth-order valence-corrected chi connectivity index (χ4v) is 1.09. The molecule has 0 bridgehead atoms. The normalized spacial score (nSPS) is 11.4. The van der Waals surface area contributed by atoms with Gasteiger partial charge in [-0.25, -0.2) is 0 Å². The van der Waals surface area contributed by atoms with Gasteiger partial charge < -0.3 is 16.3 Å². The quantitative estimate of drug-likeness (QED) is 0.511. The third-order valence-corrected chi connectivity index (χ3v) is 1.71. The van der Waals surface area contributed by atoms with Crippen LogP contribution in [0, 0.1) is 0 Å². The van der Waals surface area contributed by atoms with Crippen LogP contribution in [0.4, 0.5) is 5.13 Å². The van der Waals surface area contributed by atoms with Gasteiger partial charge in [-0.3, -0.25) is 4.79 Å². The molecule has 4 N–H and O–H groups in total. The highest BCUT2D eigenvalue weighted by Crippen LogP contribution is 2.06. The van der Waals surface area contributed by atoms with Crippen LogP contribution in [0.2, 0.25) is 0 Å². The summed E-state index contributed by atoms with van der Waals surface area (Å²) in [4.78, 5) is 19.4. The summed E-state index contributed by atoms with van der Waals surface area (Å²) in [5.41, 5.74) is 10.3. The molecule has 0 fully saturated rings. The molecule has 0 atom stereocenters. The Hall–Kier alpha value is -1.70. The smallest absolute Gasteiger partial charge is 0.274 e. The van der Waals surface area contributed by atoms with E-state index in [2.05, 4.69) is 14.5 Å². The minimum atomic E-state index is -0.753. The number of nitrogens with zero attached hydrogens (tertiary/aromatic N) is 3. The van der Waals surface area contributed by atoms with Gasteiger partial charge in [0.1, 0.15) is 6.61 Å². The number of carbonyl (C=O) groups is 1. The van der Waals surface area contributed by atoms with Crippen molar-refractivity contribution in [2.24, 2.45) is 10.9 Å². The van der Waals surface area contributed by atoms with Crippen molar-refractivity contribution >= 4 is 28.3 Å². The molecule has 0 spiro atoms. The highest BCUT2D eigenvalue weighted by atomic mass is 32.1. The monoisotopic (exact) mass is 215 g/mol. The predicted octanol–water partition coefficient (Wildman–Crippen LogP) is -0.654. The molecule has 0 aliphatic carbocycles. The standard InChI is InChI=1S/C6H9N5O2S/c1-2-13-10-3(4(7)12)5-9-6(8)14-11-5/h2H2,1H3,(H2,7,12)(H2,8,9,11). The van der Waals surface area contributed by atoms with E-state index >= 15 is 0 Å². The lowest BCUT2D eigenvalue weighted by atomic mass is 10.3. The average molecular weight is 215 g/mol. The number of hydrogen-bond acceptors (Lipinski definition) is 7. The lowest BCUT2D eigenvalue weighted by Crippen LogP contribution is -2.25. The Morgan fingerprint density at radius 3 is 2.86 bits per heavy atom. The Morgan fingerprint density at radius 1 is 1.71 bits per heavy atom. The van der Waals surface area contributed by atoms with Gasteiger partial charge in [0.25, 0.3) is 5.91 Å². The lowest BCUT2D eigenvalue weighted by Gasteiger charge is -1.96. The highest BCUT2D eigenvalue weighted by Gasteiger charge is 2.16. The van der Waals surface area contributed by atoms with Crippen molar-refractivity contribution in [2.75, 3.05) is 12.3 Å². The number of nitrogens with two attached hydrogens (primary N) is 2. The number of hydrogen-bond donors (Lipinski definition) is 2. The first-order valence-electron chi connectivity index (χ1n) is 3.74. The van der Waals surface area contributed by atoms with Crippen LogP contribution in [-0.4, -0.2) is 27.6 Å². The van der Waals surface area contributed by atoms with Crippen molar-refractivity contribution < 1.29 is 9.63 Å². The molecule has 0 saturated heterocycles. The van der Waals surface area contributed by atoms with E-state index in [4.69, 9.17) is 16.3 Å². The lowest BCUT2D eigenvalue weighted by molar-refractivity contribution is -0.112. The minimum Gasteiger partial charge on any atom is -0.395 e. The number of primary amides is 1. The van der Waals surface area contributed by atoms with Crippen molar-refractivity contribution in [3.63, 3.8) is 0 Å². The van der Waals surface area contributed by atoms with Crippen LogP contribution in [0.1, 0.15) is 12.7 Å². The van der Waals surface area contributed by atoms with Crippen LogP contribution >= 0.6 is 11.5 Å². The molecular weight excluding hydrogens is 206 g/mol. The molecule has 14 heavy (non-hydrogen) atoms. The van der Waals surface area contributed by atoms with Crippen molar-refractivity contribution in [3.8, 4) is 0 Å². The summed E-state index contributed by atoms with van der Waals surface area (Å²) in [6, 6.07) is 0. The molecule has 0 radical (unpaired) electrons. The predicted molar refractivity (Wildman–Crippen MR) is 51.7 cm³/mol. The van der Waals surface area contributed by atoms with Gasteiger partial charge in [0, 0.05) is 11.5 Å². The van der Waals surface area contributed by atoms with Crippen LogP contribution in [0.15, 0.2) is 5.16 Å². The zero-order valence-electron chi connectivity index (χ0n) is 7.43. The van der Waals surface area contributed by atoms with E-state index in [-0.39, 0.29) is 16.7 Å². The highest BCUT2D eigenvalue weighted by molar-refractivity contribution is 7.09. The Bertz CT molecular complexity index is 361. The molecule has 0 unspecified atom stereocenters. The summed E-state index contributed by atoms with van der Waals surface area (Å²) >= 11 is 0.956. The molecule has 1 amide bonds. The molecule has 0 aromatic carbocycles. The SMILES string of the molecule is CCON=C(C(N)=O)c1nsc(N)n1. The maximum Gasteiger partial charge on any atom is 0.274 e. The van der Waals surface area contributed by atoms with Crippen molar-refractivity contribution in [2.45, 2.75) is 6.92 Å². The first-order chi connectivity index (χ1) is 6.65. The topological polar surface area (TPSA) is 116 Å². The summed E-state index contributed by atoms with van der Waals surface area (Å²) in [7, 11) is 0. The van der Waals surface area contributed by atoms with Crippen LogP contribution in [0.25, 0.3) is 0 Å². The van der Waals surface area contributed by atoms with Crippen molar-refractivity contribution in [1.82, 2.24) is 9.36 Å². The number of carbonyl (C=O) groups excluding carboxylic acids is 1. The van der Waals surface area contributed by atoms with Crippen molar-refractivity contribution in [1.29, 1.82) is 0 Å². The van der Waals surface area contributed by atoms with Gasteiger partial charge in [0.05, 0.1) is 0 Å². The summed E-state index contributed by atoms with van der Waals surface area (Å²) < 4.78 is 3.78. The zero-order chi connectivity index (χ0) is 10.6. The summed E-state index contributed by atoms with van der Waals surface area (Å²) in [6.07, 6.45) is 0. The Labute approximate surface area is 83.9 Å². The molecule has 1 rings (SSSR count). The molecule has 76 valence electrons. The molecule has 7 nitrogen and oxygen atoms in total. The van der Waals surface area contributed by atoms with Crippen LogP contribution < -0.4 is 11.5 Å². The van der Waals surface area contributed by atoms with E-state index in [0.29, 0.717) is 6.61 Å². The number of anilines is 1. The first-order valence-corrected chi connectivity index (χ1v) is 4.51. The van der Waals surface area contributed by atoms with E-state index in [1.807, 2.05) is 0 Å². The third-order valence-electron chi connectivity index (χ3n) is 1.17. The van der Waals surface area contributed by atoms with E-state index in [9.17, 15) is 4.79 Å². The largest absolute Gasteiger partial charge is 0.395 e. The molecule has 8 heteroatoms. The molecular formula is C6H9N5O2S. The van der Waals surface area contributed by atoms with Crippen LogP contribution in [0.3, 0.4) is 0 Å². The van der Waals surface area contributed by atoms with Gasteiger partial charge in [-0.1, -0.05) is 5.16 Å². The zero-order valence-corrected chi connectivity index (χ0v) is 8.24. The van der Waals surface area contributed by atoms with E-state index in [1.54, 1.807) is 6.92 Å². The van der Waals surface area contributed by atoms with Gasteiger partial charge in [-0.2, -0.15) is 9.36 Å². The van der Waals surface area contributed by atoms with Crippen molar-refractivity contribution in [3.05, 3.63) is 5.82 Å². The number of nitrogen functional groups attached to an aromatic ring is 1. The maximum absolute atomic E-state index is 10.9. The average Bonchev–Trinajstić information content (AvgIpc) is 2.52. The van der Waals surface area contributed by atoms with Gasteiger partial charge >= 0.3 is 0 Å². The molecule has 1 heterocycles. The summed E-state index contributed by atoms with van der Waals surface area (Å²) in [6.45, 7) is 2.06. The Morgan fingerprint density at radius 2 is 2.43 bits per heavy atom. The second-order valence-electron chi connectivity index (χ2n) is 2.18. The van der Waals surface area contributed by atoms with Gasteiger partial charge in [0.2, 0.25) is 11.5 Å². The Kier molecular flexibility index (Phi) is 3.35.